The molecule has 0 saturated heterocycles. The van der Waals surface area contributed by atoms with E-state index in [1.807, 2.05) is 30.3 Å². The Morgan fingerprint density at radius 2 is 1.80 bits per heavy atom. The van der Waals surface area contributed by atoms with Crippen LogP contribution in [0.2, 0.25) is 0 Å². The van der Waals surface area contributed by atoms with E-state index in [9.17, 15) is 4.10 Å². The van der Waals surface area contributed by atoms with Crippen molar-refractivity contribution < 1.29 is 4.10 Å². The van der Waals surface area contributed by atoms with Gasteiger partial charge in [-0.25, -0.2) is 0 Å². The second-order valence-corrected chi connectivity index (χ2v) is 12.4. The van der Waals surface area contributed by atoms with Gasteiger partial charge < -0.3 is 0 Å². The van der Waals surface area contributed by atoms with Crippen molar-refractivity contribution in [2.75, 3.05) is 0 Å². The molecule has 0 saturated carbocycles. The molecule has 0 aliphatic carbocycles. The Morgan fingerprint density at radius 1 is 1.30 bits per heavy atom. The van der Waals surface area contributed by atoms with E-state index in [0.717, 1.165) is 4.35 Å². The summed E-state index contributed by atoms with van der Waals surface area (Å²) in [7, 11) is 8.83. The molecule has 0 amide bonds. The van der Waals surface area contributed by atoms with E-state index >= 15 is 0 Å². The van der Waals surface area contributed by atoms with Gasteiger partial charge in [-0.1, -0.05) is 0 Å². The fourth-order valence-electron chi connectivity index (χ4n) is 0.622. The van der Waals surface area contributed by atoms with Gasteiger partial charge in [-0.05, 0) is 0 Å². The van der Waals surface area contributed by atoms with Crippen molar-refractivity contribution in [2.24, 2.45) is 0 Å². The monoisotopic (exact) mass is 234 g/mol. The molecule has 0 aliphatic heterocycles. The SMILES string of the molecule is O[As](=S)(S)c1ccccc1. The second-order valence-electron chi connectivity index (χ2n) is 1.88. The molecule has 1 atom stereocenters. The van der Waals surface area contributed by atoms with Gasteiger partial charge in [0.1, 0.15) is 0 Å². The zero-order valence-electron chi connectivity index (χ0n) is 5.14. The summed E-state index contributed by atoms with van der Waals surface area (Å²) in [6.07, 6.45) is 0. The third kappa shape index (κ3) is 2.17. The van der Waals surface area contributed by atoms with Gasteiger partial charge in [0, 0.05) is 0 Å². The molecule has 0 radical (unpaired) electrons. The van der Waals surface area contributed by atoms with Gasteiger partial charge in [0.2, 0.25) is 0 Å². The van der Waals surface area contributed by atoms with E-state index in [1.54, 1.807) is 0 Å². The predicted molar refractivity (Wildman–Crippen MR) is 50.6 cm³/mol. The summed E-state index contributed by atoms with van der Waals surface area (Å²) < 4.78 is 10.1. The summed E-state index contributed by atoms with van der Waals surface area (Å²) in [5.74, 6) is 0. The molecule has 0 aromatic heterocycles. The van der Waals surface area contributed by atoms with Crippen LogP contribution in [-0.4, -0.2) is 15.2 Å². The van der Waals surface area contributed by atoms with Crippen molar-refractivity contribution in [3.8, 4) is 0 Å². The molecule has 1 unspecified atom stereocenters. The molecule has 54 valence electrons. The van der Waals surface area contributed by atoms with Gasteiger partial charge in [-0.3, -0.25) is 0 Å². The minimum atomic E-state index is -3.07. The summed E-state index contributed by atoms with van der Waals surface area (Å²) >= 11 is -3.07. The predicted octanol–water partition coefficient (Wildman–Crippen LogP) is 0.952. The fourth-order valence-corrected chi connectivity index (χ4v) is 3.12. The topological polar surface area (TPSA) is 20.2 Å². The van der Waals surface area contributed by atoms with E-state index in [1.165, 1.54) is 0 Å². The van der Waals surface area contributed by atoms with E-state index in [2.05, 4.69) is 10.9 Å². The first kappa shape index (κ1) is 8.41. The zero-order chi connectivity index (χ0) is 7.61. The zero-order valence-corrected chi connectivity index (χ0v) is 8.72. The van der Waals surface area contributed by atoms with Crippen molar-refractivity contribution in [1.29, 1.82) is 0 Å². The first-order chi connectivity index (χ1) is 4.61. The van der Waals surface area contributed by atoms with Crippen LogP contribution in [0.25, 0.3) is 0 Å². The van der Waals surface area contributed by atoms with Gasteiger partial charge in [-0.2, -0.15) is 0 Å². The van der Waals surface area contributed by atoms with Crippen molar-refractivity contribution in [3.05, 3.63) is 30.3 Å². The molecule has 0 bridgehead atoms. The van der Waals surface area contributed by atoms with Crippen LogP contribution in [0.3, 0.4) is 0 Å². The van der Waals surface area contributed by atoms with Gasteiger partial charge in [-0.15, -0.1) is 0 Å². The third-order valence-corrected chi connectivity index (χ3v) is 5.42. The van der Waals surface area contributed by atoms with Crippen molar-refractivity contribution in [1.82, 2.24) is 0 Å². The van der Waals surface area contributed by atoms with Gasteiger partial charge in [0.05, 0.1) is 0 Å². The Hall–Kier alpha value is 0.308. The summed E-state index contributed by atoms with van der Waals surface area (Å²) in [5.41, 5.74) is 0. The number of hydrogen-bond donors (Lipinski definition) is 2. The molecule has 4 heteroatoms. The Bertz CT molecular complexity index is 254. The molecule has 0 aliphatic rings. The van der Waals surface area contributed by atoms with Crippen LogP contribution in [0.15, 0.2) is 30.3 Å². The molecule has 0 spiro atoms. The quantitative estimate of drug-likeness (QED) is 0.557. The minimum absolute atomic E-state index is 0.805. The van der Waals surface area contributed by atoms with Gasteiger partial charge >= 0.3 is 71.1 Å². The summed E-state index contributed by atoms with van der Waals surface area (Å²) in [6.45, 7) is 0. The van der Waals surface area contributed by atoms with Crippen LogP contribution in [0.4, 0.5) is 0 Å². The Labute approximate surface area is 71.0 Å². The Kier molecular flexibility index (Phi) is 2.64. The first-order valence-corrected chi connectivity index (χ1v) is 10.1. The van der Waals surface area contributed by atoms with Crippen LogP contribution in [-0.2, 0) is 0 Å². The molecule has 1 aromatic carbocycles. The van der Waals surface area contributed by atoms with E-state index in [0.29, 0.717) is 0 Å². The number of rotatable bonds is 1. The number of thiol groups is 1. The summed E-state index contributed by atoms with van der Waals surface area (Å²) in [6, 6.07) is 9.21. The Morgan fingerprint density at radius 3 is 2.10 bits per heavy atom. The van der Waals surface area contributed by atoms with E-state index in [4.69, 9.17) is 10.4 Å². The third-order valence-electron chi connectivity index (χ3n) is 1.09. The van der Waals surface area contributed by atoms with Crippen molar-refractivity contribution in [3.63, 3.8) is 0 Å². The molecule has 1 rings (SSSR count). The molecule has 1 aromatic rings. The molecule has 1 N–H and O–H groups in total. The number of hydrogen-bond acceptors (Lipinski definition) is 1. The normalized spacial score (nSPS) is 16.2. The van der Waals surface area contributed by atoms with Crippen molar-refractivity contribution >= 4 is 36.7 Å². The average molecular weight is 234 g/mol. The Balaban J connectivity index is 3.09. The molecule has 0 heterocycles. The van der Waals surface area contributed by atoms with Crippen molar-refractivity contribution in [2.45, 2.75) is 0 Å². The van der Waals surface area contributed by atoms with Crippen LogP contribution in [0.1, 0.15) is 0 Å². The number of benzene rings is 1. The summed E-state index contributed by atoms with van der Waals surface area (Å²) in [4.78, 5) is 0. The van der Waals surface area contributed by atoms with E-state index < -0.39 is 11.1 Å². The molecule has 0 fully saturated rings. The first-order valence-electron chi connectivity index (χ1n) is 2.72. The van der Waals surface area contributed by atoms with Gasteiger partial charge in [0.25, 0.3) is 0 Å². The second kappa shape index (κ2) is 3.14. The maximum atomic E-state index is 9.34. The molecular weight excluding hydrogens is 227 g/mol. The maximum absolute atomic E-state index is 9.34. The molecule has 10 heavy (non-hydrogen) atoms. The van der Waals surface area contributed by atoms with Crippen LogP contribution < -0.4 is 4.35 Å². The van der Waals surface area contributed by atoms with Crippen LogP contribution in [0, 0.1) is 0 Å². The van der Waals surface area contributed by atoms with Gasteiger partial charge in [0.15, 0.2) is 0 Å². The summed E-state index contributed by atoms with van der Waals surface area (Å²) in [5, 5.41) is 0. The average Bonchev–Trinajstić information content (AvgIpc) is 1.88. The fraction of sp³-hybridized carbons (Fsp3) is 0. The van der Waals surface area contributed by atoms with E-state index in [-0.39, 0.29) is 0 Å². The van der Waals surface area contributed by atoms with Crippen LogP contribution in [0.5, 0.6) is 0 Å². The molecule has 1 nitrogen and oxygen atoms in total. The van der Waals surface area contributed by atoms with Crippen LogP contribution >= 0.6 is 21.3 Å². The standard InChI is InChI=1S/C6H7AsOS2/c8-7(9,10)6-4-2-1-3-5-6/h1-5H,(H2,8,9,10). The molecular formula is C6H7AsOS2.